The van der Waals surface area contributed by atoms with Crippen LogP contribution < -0.4 is 0 Å². The molecule has 0 saturated carbocycles. The van der Waals surface area contributed by atoms with Gasteiger partial charge >= 0.3 is 0 Å². The van der Waals surface area contributed by atoms with Crippen molar-refractivity contribution in [1.82, 2.24) is 0 Å². The van der Waals surface area contributed by atoms with Gasteiger partial charge in [-0.2, -0.15) is 10.9 Å². The van der Waals surface area contributed by atoms with E-state index >= 15 is 0 Å². The van der Waals surface area contributed by atoms with Crippen molar-refractivity contribution in [3.05, 3.63) is 83.4 Å². The van der Waals surface area contributed by atoms with Crippen LogP contribution in [0.5, 0.6) is 5.75 Å². The highest BCUT2D eigenvalue weighted by Gasteiger charge is 2.21. The summed E-state index contributed by atoms with van der Waals surface area (Å²) >= 11 is 0. The Balaban J connectivity index is 2.25. The molecule has 0 unspecified atom stereocenters. The van der Waals surface area contributed by atoms with E-state index < -0.39 is 45.8 Å². The molecule has 0 fully saturated rings. The molecule has 0 aliphatic carbocycles. The van der Waals surface area contributed by atoms with Crippen LogP contribution in [0.2, 0.25) is 0 Å². The zero-order valence-corrected chi connectivity index (χ0v) is 13.7. The van der Waals surface area contributed by atoms with Crippen molar-refractivity contribution in [2.75, 3.05) is 0 Å². The highest BCUT2D eigenvalue weighted by atomic mass is 32.2. The maximum absolute atomic E-state index is 13.7. The Labute approximate surface area is 146 Å². The molecule has 8 heteroatoms. The van der Waals surface area contributed by atoms with E-state index in [1.807, 2.05) is 0 Å². The van der Waals surface area contributed by atoms with Gasteiger partial charge in [-0.1, -0.05) is 0 Å². The van der Waals surface area contributed by atoms with Gasteiger partial charge in [-0.15, -0.1) is 0 Å². The molecule has 0 radical (unpaired) electrons. The Morgan fingerprint density at radius 3 is 1.23 bits per heavy atom. The van der Waals surface area contributed by atoms with Crippen LogP contribution >= 0.6 is 10.9 Å². The third-order valence-electron chi connectivity index (χ3n) is 3.56. The molecule has 136 valence electrons. The average Bonchev–Trinajstić information content (AvgIpc) is 2.59. The summed E-state index contributed by atoms with van der Waals surface area (Å²) in [6.07, 6.45) is 0. The fraction of sp³-hybridized carbons (Fsp3) is 0. The molecule has 26 heavy (non-hydrogen) atoms. The van der Waals surface area contributed by atoms with Crippen molar-refractivity contribution in [2.24, 2.45) is 0 Å². The monoisotopic (exact) mass is 388 g/mol. The molecule has 0 aliphatic heterocycles. The molecule has 0 saturated heterocycles. The minimum atomic E-state index is -1.95. The fourth-order valence-corrected chi connectivity index (χ4v) is 4.70. The highest BCUT2D eigenvalue weighted by molar-refractivity contribution is 8.17. The van der Waals surface area contributed by atoms with Crippen LogP contribution in [-0.2, 0) is 0 Å². The second-order valence-corrected chi connectivity index (χ2v) is 7.52. The molecule has 0 aliphatic rings. The summed E-state index contributed by atoms with van der Waals surface area (Å²) < 4.78 is 81.2. The highest BCUT2D eigenvalue weighted by Crippen LogP contribution is 2.52. The first-order valence-electron chi connectivity index (χ1n) is 7.16. The van der Waals surface area contributed by atoms with Gasteiger partial charge in [-0.05, 0) is 53.4 Å². The SMILES string of the molecule is Oc1ccc([SH](c2cc(F)c(F)c(F)c2)c2cc(F)c(F)c(F)c2)cc1. The van der Waals surface area contributed by atoms with E-state index in [0.717, 1.165) is 24.3 Å². The maximum atomic E-state index is 13.7. The lowest BCUT2D eigenvalue weighted by molar-refractivity contribution is 0.442. The minimum absolute atomic E-state index is 0.0764. The standard InChI is InChI=1S/C18H10F6OS/c19-13-5-11(6-14(20)17(13)23)26(10-3-1-9(25)2-4-10)12-7-15(21)18(24)16(22)8-12/h1-8,25-26H. The number of hydrogen-bond donors (Lipinski definition) is 2. The first kappa shape index (κ1) is 18.2. The zero-order chi connectivity index (χ0) is 19.0. The van der Waals surface area contributed by atoms with Gasteiger partial charge in [0.05, 0.1) is 0 Å². The van der Waals surface area contributed by atoms with Crippen molar-refractivity contribution in [3.63, 3.8) is 0 Å². The number of hydrogen-bond acceptors (Lipinski definition) is 1. The van der Waals surface area contributed by atoms with Crippen LogP contribution in [0.3, 0.4) is 0 Å². The van der Waals surface area contributed by atoms with E-state index in [2.05, 4.69) is 0 Å². The van der Waals surface area contributed by atoms with E-state index in [9.17, 15) is 31.4 Å². The summed E-state index contributed by atoms with van der Waals surface area (Å²) in [6.45, 7) is 0. The smallest absolute Gasteiger partial charge is 0.194 e. The lowest BCUT2D eigenvalue weighted by atomic mass is 10.3. The Morgan fingerprint density at radius 1 is 0.538 bits per heavy atom. The molecular formula is C18H10F6OS. The second kappa shape index (κ2) is 6.95. The summed E-state index contributed by atoms with van der Waals surface area (Å²) in [7, 11) is -1.95. The van der Waals surface area contributed by atoms with E-state index in [1.165, 1.54) is 24.3 Å². The molecule has 1 N–H and O–H groups in total. The topological polar surface area (TPSA) is 20.2 Å². The van der Waals surface area contributed by atoms with E-state index in [-0.39, 0.29) is 15.5 Å². The largest absolute Gasteiger partial charge is 0.508 e. The quantitative estimate of drug-likeness (QED) is 0.335. The first-order valence-corrected chi connectivity index (χ1v) is 8.50. The number of rotatable bonds is 3. The van der Waals surface area contributed by atoms with Crippen molar-refractivity contribution in [3.8, 4) is 5.75 Å². The van der Waals surface area contributed by atoms with Crippen molar-refractivity contribution in [1.29, 1.82) is 0 Å². The lowest BCUT2D eigenvalue weighted by Gasteiger charge is -2.24. The molecular weight excluding hydrogens is 378 g/mol. The predicted octanol–water partition coefficient (Wildman–Crippen LogP) is 5.71. The Kier molecular flexibility index (Phi) is 4.86. The third-order valence-corrected chi connectivity index (χ3v) is 5.93. The minimum Gasteiger partial charge on any atom is -0.508 e. The van der Waals surface area contributed by atoms with Gasteiger partial charge in [0, 0.05) is 9.79 Å². The Morgan fingerprint density at radius 2 is 0.885 bits per heavy atom. The molecule has 0 bridgehead atoms. The summed E-state index contributed by atoms with van der Waals surface area (Å²) in [4.78, 5) is 0.202. The van der Waals surface area contributed by atoms with Crippen LogP contribution in [0, 0.1) is 34.9 Å². The first-order chi connectivity index (χ1) is 12.3. The number of aromatic hydroxyl groups is 1. The number of halogens is 6. The fourth-order valence-electron chi connectivity index (χ4n) is 2.39. The van der Waals surface area contributed by atoms with Crippen LogP contribution in [0.4, 0.5) is 26.3 Å². The number of phenolic OH excluding ortho intramolecular Hbond substituents is 1. The van der Waals surface area contributed by atoms with Crippen LogP contribution in [0.1, 0.15) is 0 Å². The average molecular weight is 388 g/mol. The summed E-state index contributed by atoms with van der Waals surface area (Å²) in [6, 6.07) is 8.20. The molecule has 0 spiro atoms. The van der Waals surface area contributed by atoms with Crippen molar-refractivity contribution >= 4 is 10.9 Å². The van der Waals surface area contributed by atoms with Crippen LogP contribution in [-0.4, -0.2) is 5.11 Å². The van der Waals surface area contributed by atoms with E-state index in [0.29, 0.717) is 4.90 Å². The van der Waals surface area contributed by atoms with Gasteiger partial charge < -0.3 is 5.11 Å². The van der Waals surface area contributed by atoms with Crippen LogP contribution in [0.15, 0.2) is 63.2 Å². The number of benzene rings is 3. The van der Waals surface area contributed by atoms with Crippen molar-refractivity contribution < 1.29 is 31.4 Å². The molecule has 3 rings (SSSR count). The van der Waals surface area contributed by atoms with Gasteiger partial charge in [-0.25, -0.2) is 26.3 Å². The molecule has 1 nitrogen and oxygen atoms in total. The van der Waals surface area contributed by atoms with E-state index in [1.54, 1.807) is 0 Å². The summed E-state index contributed by atoms with van der Waals surface area (Å²) in [5, 5.41) is 9.40. The molecule has 0 aromatic heterocycles. The van der Waals surface area contributed by atoms with Crippen molar-refractivity contribution in [2.45, 2.75) is 14.7 Å². The molecule has 0 amide bonds. The Hall–Kier alpha value is -2.61. The maximum Gasteiger partial charge on any atom is 0.194 e. The molecule has 3 aromatic rings. The van der Waals surface area contributed by atoms with Gasteiger partial charge in [0.1, 0.15) is 5.75 Å². The lowest BCUT2D eigenvalue weighted by Crippen LogP contribution is -1.98. The molecule has 0 heterocycles. The second-order valence-electron chi connectivity index (χ2n) is 5.30. The Bertz CT molecular complexity index is 870. The van der Waals surface area contributed by atoms with Gasteiger partial charge in [0.25, 0.3) is 0 Å². The van der Waals surface area contributed by atoms with E-state index in [4.69, 9.17) is 0 Å². The summed E-state index contributed by atoms with van der Waals surface area (Å²) in [5.41, 5.74) is 0. The zero-order valence-electron chi connectivity index (χ0n) is 12.8. The van der Waals surface area contributed by atoms with Gasteiger partial charge in [0.2, 0.25) is 0 Å². The van der Waals surface area contributed by atoms with Gasteiger partial charge in [-0.3, -0.25) is 0 Å². The van der Waals surface area contributed by atoms with Gasteiger partial charge in [0.15, 0.2) is 34.9 Å². The number of thiol groups is 1. The molecule has 0 atom stereocenters. The number of phenols is 1. The third kappa shape index (κ3) is 3.37. The predicted molar refractivity (Wildman–Crippen MR) is 84.5 cm³/mol. The molecule has 3 aromatic carbocycles. The summed E-state index contributed by atoms with van der Waals surface area (Å²) in [5.74, 6) is -9.30. The van der Waals surface area contributed by atoms with Crippen LogP contribution in [0.25, 0.3) is 0 Å². The normalized spacial score (nSPS) is 11.5.